The van der Waals surface area contributed by atoms with Gasteiger partial charge in [-0.15, -0.1) is 0 Å². The van der Waals surface area contributed by atoms with Crippen LogP contribution in [0.4, 0.5) is 5.69 Å². The Bertz CT molecular complexity index is 504. The Kier molecular flexibility index (Phi) is 7.53. The highest BCUT2D eigenvalue weighted by Gasteiger charge is 2.24. The molecule has 0 saturated heterocycles. The Labute approximate surface area is 145 Å². The predicted molar refractivity (Wildman–Crippen MR) is 96.3 cm³/mol. The monoisotopic (exact) mass is 334 g/mol. The summed E-state index contributed by atoms with van der Waals surface area (Å²) < 4.78 is 5.39. The molecule has 0 heterocycles. The van der Waals surface area contributed by atoms with Crippen molar-refractivity contribution in [3.63, 3.8) is 0 Å². The third-order valence-corrected chi connectivity index (χ3v) is 4.58. The molecule has 2 unspecified atom stereocenters. The maximum atomic E-state index is 12.1. The number of aliphatic hydroxyl groups is 1. The van der Waals surface area contributed by atoms with E-state index in [0.29, 0.717) is 25.5 Å². The van der Waals surface area contributed by atoms with E-state index in [2.05, 4.69) is 10.2 Å². The zero-order valence-electron chi connectivity index (χ0n) is 14.8. The van der Waals surface area contributed by atoms with Gasteiger partial charge < -0.3 is 20.1 Å². The minimum Gasteiger partial charge on any atom is -0.494 e. The van der Waals surface area contributed by atoms with Crippen molar-refractivity contribution in [3.8, 4) is 5.75 Å². The molecule has 0 aliphatic heterocycles. The summed E-state index contributed by atoms with van der Waals surface area (Å²) in [6.45, 7) is 4.13. The molecule has 1 fully saturated rings. The van der Waals surface area contributed by atoms with E-state index in [4.69, 9.17) is 4.74 Å². The second-order valence-electron chi connectivity index (χ2n) is 6.63. The van der Waals surface area contributed by atoms with E-state index in [1.807, 2.05) is 38.2 Å². The number of nitrogens with one attached hydrogen (secondary N) is 1. The van der Waals surface area contributed by atoms with Gasteiger partial charge in [0.1, 0.15) is 5.75 Å². The summed E-state index contributed by atoms with van der Waals surface area (Å²) in [4.78, 5) is 14.2. The van der Waals surface area contributed by atoms with Crippen LogP contribution >= 0.6 is 0 Å². The van der Waals surface area contributed by atoms with Crippen molar-refractivity contribution >= 4 is 11.6 Å². The number of rotatable bonds is 8. The summed E-state index contributed by atoms with van der Waals surface area (Å²) in [6, 6.07) is 7.42. The van der Waals surface area contributed by atoms with Gasteiger partial charge in [0.25, 0.3) is 0 Å². The lowest BCUT2D eigenvalue weighted by molar-refractivity contribution is -0.116. The minimum absolute atomic E-state index is 0.00945. The van der Waals surface area contributed by atoms with Crippen molar-refractivity contribution in [3.05, 3.63) is 24.3 Å². The van der Waals surface area contributed by atoms with E-state index in [0.717, 1.165) is 37.2 Å². The Morgan fingerprint density at radius 2 is 2.00 bits per heavy atom. The SMILES string of the molecule is CCOc1ccc(NC(=O)CCN(C)CC2CCCCC2O)cc1. The Morgan fingerprint density at radius 1 is 1.29 bits per heavy atom. The molecule has 2 atom stereocenters. The highest BCUT2D eigenvalue weighted by Crippen LogP contribution is 2.24. The first-order chi connectivity index (χ1) is 11.6. The van der Waals surface area contributed by atoms with Crippen LogP contribution < -0.4 is 10.1 Å². The van der Waals surface area contributed by atoms with Crippen LogP contribution in [0, 0.1) is 5.92 Å². The normalized spacial score (nSPS) is 20.8. The summed E-state index contributed by atoms with van der Waals surface area (Å²) in [5, 5.41) is 12.9. The molecule has 24 heavy (non-hydrogen) atoms. The molecule has 0 radical (unpaired) electrons. The van der Waals surface area contributed by atoms with Crippen molar-refractivity contribution in [1.82, 2.24) is 4.90 Å². The van der Waals surface area contributed by atoms with Gasteiger partial charge in [0.2, 0.25) is 5.91 Å². The molecule has 1 aromatic rings. The van der Waals surface area contributed by atoms with E-state index in [1.165, 1.54) is 6.42 Å². The van der Waals surface area contributed by atoms with Gasteiger partial charge >= 0.3 is 0 Å². The third kappa shape index (κ3) is 6.13. The Balaban J connectivity index is 1.70. The summed E-state index contributed by atoms with van der Waals surface area (Å²) in [5.41, 5.74) is 0.786. The van der Waals surface area contributed by atoms with Crippen LogP contribution in [0.25, 0.3) is 0 Å². The average Bonchev–Trinajstić information content (AvgIpc) is 2.57. The number of nitrogens with zero attached hydrogens (tertiary/aromatic N) is 1. The number of amides is 1. The quantitative estimate of drug-likeness (QED) is 0.767. The first kappa shape index (κ1) is 18.7. The standard InChI is InChI=1S/C19H30N2O3/c1-3-24-17-10-8-16(9-11-17)20-19(23)12-13-21(2)14-15-6-4-5-7-18(15)22/h8-11,15,18,22H,3-7,12-14H2,1-2H3,(H,20,23). The van der Waals surface area contributed by atoms with Gasteiger partial charge in [-0.05, 0) is 57.0 Å². The lowest BCUT2D eigenvalue weighted by atomic mass is 9.86. The van der Waals surface area contributed by atoms with Crippen molar-refractivity contribution < 1.29 is 14.6 Å². The van der Waals surface area contributed by atoms with Crippen molar-refractivity contribution in [1.29, 1.82) is 0 Å². The molecule has 2 rings (SSSR count). The van der Waals surface area contributed by atoms with Crippen molar-refractivity contribution in [2.75, 3.05) is 32.1 Å². The van der Waals surface area contributed by atoms with E-state index in [9.17, 15) is 9.90 Å². The number of benzene rings is 1. The maximum absolute atomic E-state index is 12.1. The number of carbonyl (C=O) groups is 1. The van der Waals surface area contributed by atoms with Crippen LogP contribution in [0.2, 0.25) is 0 Å². The first-order valence-electron chi connectivity index (χ1n) is 8.97. The van der Waals surface area contributed by atoms with Gasteiger partial charge in [0.05, 0.1) is 12.7 Å². The van der Waals surface area contributed by atoms with Gasteiger partial charge in [0.15, 0.2) is 0 Å². The van der Waals surface area contributed by atoms with Crippen LogP contribution in [-0.4, -0.2) is 48.8 Å². The number of hydrogen-bond donors (Lipinski definition) is 2. The fourth-order valence-electron chi connectivity index (χ4n) is 3.21. The summed E-state index contributed by atoms with van der Waals surface area (Å²) in [5.74, 6) is 1.16. The van der Waals surface area contributed by atoms with E-state index < -0.39 is 0 Å². The molecule has 0 bridgehead atoms. The zero-order chi connectivity index (χ0) is 17.4. The van der Waals surface area contributed by atoms with Gasteiger partial charge in [-0.1, -0.05) is 12.8 Å². The van der Waals surface area contributed by atoms with Gasteiger partial charge in [-0.3, -0.25) is 4.79 Å². The molecular formula is C19H30N2O3. The van der Waals surface area contributed by atoms with Gasteiger partial charge in [0, 0.05) is 25.2 Å². The van der Waals surface area contributed by atoms with Gasteiger partial charge in [-0.25, -0.2) is 0 Å². The minimum atomic E-state index is -0.182. The number of anilines is 1. The summed E-state index contributed by atoms with van der Waals surface area (Å²) in [7, 11) is 2.02. The maximum Gasteiger partial charge on any atom is 0.225 e. The number of aliphatic hydroxyl groups excluding tert-OH is 1. The molecule has 0 aromatic heterocycles. The molecular weight excluding hydrogens is 304 g/mol. The summed E-state index contributed by atoms with van der Waals surface area (Å²) >= 11 is 0. The first-order valence-corrected chi connectivity index (χ1v) is 8.97. The van der Waals surface area contributed by atoms with E-state index >= 15 is 0 Å². The van der Waals surface area contributed by atoms with Crippen LogP contribution in [-0.2, 0) is 4.79 Å². The number of hydrogen-bond acceptors (Lipinski definition) is 4. The molecule has 5 heteroatoms. The topological polar surface area (TPSA) is 61.8 Å². The molecule has 0 spiro atoms. The second-order valence-corrected chi connectivity index (χ2v) is 6.63. The number of ether oxygens (including phenoxy) is 1. The molecule has 1 aromatic carbocycles. The average molecular weight is 334 g/mol. The summed E-state index contributed by atoms with van der Waals surface area (Å²) in [6.07, 6.45) is 4.60. The molecule has 1 aliphatic rings. The molecule has 2 N–H and O–H groups in total. The molecule has 5 nitrogen and oxygen atoms in total. The largest absolute Gasteiger partial charge is 0.494 e. The van der Waals surface area contributed by atoms with Crippen LogP contribution in [0.5, 0.6) is 5.75 Å². The zero-order valence-corrected chi connectivity index (χ0v) is 14.8. The molecule has 1 amide bonds. The fraction of sp³-hybridized carbons (Fsp3) is 0.632. The fourth-order valence-corrected chi connectivity index (χ4v) is 3.21. The van der Waals surface area contributed by atoms with Crippen LogP contribution in [0.15, 0.2) is 24.3 Å². The van der Waals surface area contributed by atoms with Crippen LogP contribution in [0.3, 0.4) is 0 Å². The van der Waals surface area contributed by atoms with Crippen molar-refractivity contribution in [2.24, 2.45) is 5.92 Å². The lowest BCUT2D eigenvalue weighted by Gasteiger charge is -2.31. The van der Waals surface area contributed by atoms with E-state index in [1.54, 1.807) is 0 Å². The molecule has 1 saturated carbocycles. The number of carbonyl (C=O) groups excluding carboxylic acids is 1. The molecule has 134 valence electrons. The Morgan fingerprint density at radius 3 is 2.67 bits per heavy atom. The second kappa shape index (κ2) is 9.64. The highest BCUT2D eigenvalue weighted by atomic mass is 16.5. The third-order valence-electron chi connectivity index (χ3n) is 4.58. The smallest absolute Gasteiger partial charge is 0.225 e. The van der Waals surface area contributed by atoms with Gasteiger partial charge in [-0.2, -0.15) is 0 Å². The van der Waals surface area contributed by atoms with Crippen molar-refractivity contribution in [2.45, 2.75) is 45.1 Å². The Hall–Kier alpha value is -1.59. The predicted octanol–water partition coefficient (Wildman–Crippen LogP) is 2.90. The highest BCUT2D eigenvalue weighted by molar-refractivity contribution is 5.90. The van der Waals surface area contributed by atoms with E-state index in [-0.39, 0.29) is 12.0 Å². The lowest BCUT2D eigenvalue weighted by Crippen LogP contribution is -2.36. The molecule has 1 aliphatic carbocycles. The van der Waals surface area contributed by atoms with Crippen LogP contribution in [0.1, 0.15) is 39.0 Å².